The summed E-state index contributed by atoms with van der Waals surface area (Å²) in [6, 6.07) is 10.8. The van der Waals surface area contributed by atoms with E-state index in [4.69, 9.17) is 23.2 Å². The minimum absolute atomic E-state index is 0.147. The predicted molar refractivity (Wildman–Crippen MR) is 94.1 cm³/mol. The average molecular weight is 364 g/mol. The van der Waals surface area contributed by atoms with Crippen LogP contribution in [0.5, 0.6) is 0 Å². The molecule has 4 nitrogen and oxygen atoms in total. The minimum atomic E-state index is -0.147. The average Bonchev–Trinajstić information content (AvgIpc) is 2.98. The third-order valence-corrected chi connectivity index (χ3v) is 4.28. The standard InChI is InChI=1S/C16H11Cl2N3OS/c17-12-4-2-11(3-5-12)13-9-23-16(20-13)21-15(22)7-10-1-6-14(18)19-8-10/h1-6,8-9H,7H2,(H,20,21,22). The number of nitrogens with one attached hydrogen (secondary N) is 1. The Morgan fingerprint density at radius 1 is 1.13 bits per heavy atom. The Bertz CT molecular complexity index is 816. The number of anilines is 1. The molecule has 23 heavy (non-hydrogen) atoms. The zero-order valence-corrected chi connectivity index (χ0v) is 14.1. The van der Waals surface area contributed by atoms with Crippen LogP contribution in [0.3, 0.4) is 0 Å². The lowest BCUT2D eigenvalue weighted by molar-refractivity contribution is -0.115. The number of thiazole rings is 1. The molecule has 1 N–H and O–H groups in total. The first-order valence-electron chi connectivity index (χ1n) is 6.72. The number of aromatic nitrogens is 2. The number of carbonyl (C=O) groups is 1. The van der Waals surface area contributed by atoms with Crippen LogP contribution in [0.25, 0.3) is 11.3 Å². The van der Waals surface area contributed by atoms with E-state index < -0.39 is 0 Å². The van der Waals surface area contributed by atoms with Gasteiger partial charge < -0.3 is 5.32 Å². The number of hydrogen-bond acceptors (Lipinski definition) is 4. The lowest BCUT2D eigenvalue weighted by atomic mass is 10.2. The maximum Gasteiger partial charge on any atom is 0.230 e. The molecule has 0 unspecified atom stereocenters. The van der Waals surface area contributed by atoms with Crippen LogP contribution < -0.4 is 5.32 Å². The fourth-order valence-electron chi connectivity index (χ4n) is 1.94. The van der Waals surface area contributed by atoms with Crippen LogP contribution in [-0.2, 0) is 11.2 Å². The first kappa shape index (κ1) is 15.9. The fraction of sp³-hybridized carbons (Fsp3) is 0.0625. The molecule has 1 amide bonds. The lowest BCUT2D eigenvalue weighted by Gasteiger charge is -2.02. The van der Waals surface area contributed by atoms with Crippen LogP contribution in [0.2, 0.25) is 10.2 Å². The van der Waals surface area contributed by atoms with Crippen molar-refractivity contribution < 1.29 is 4.79 Å². The summed E-state index contributed by atoms with van der Waals surface area (Å²) in [5.41, 5.74) is 2.55. The maximum atomic E-state index is 12.0. The lowest BCUT2D eigenvalue weighted by Crippen LogP contribution is -2.14. The summed E-state index contributed by atoms with van der Waals surface area (Å²) in [6.45, 7) is 0. The van der Waals surface area contributed by atoms with Crippen LogP contribution >= 0.6 is 34.5 Å². The Morgan fingerprint density at radius 3 is 2.61 bits per heavy atom. The molecule has 1 aromatic carbocycles. The highest BCUT2D eigenvalue weighted by Gasteiger charge is 2.09. The van der Waals surface area contributed by atoms with Gasteiger partial charge in [0.1, 0.15) is 5.15 Å². The van der Waals surface area contributed by atoms with E-state index in [1.807, 2.05) is 29.6 Å². The monoisotopic (exact) mass is 363 g/mol. The number of halogens is 2. The van der Waals surface area contributed by atoms with Gasteiger partial charge in [-0.25, -0.2) is 9.97 Å². The Kier molecular flexibility index (Phi) is 4.91. The summed E-state index contributed by atoms with van der Waals surface area (Å²) >= 11 is 13.0. The van der Waals surface area contributed by atoms with Gasteiger partial charge in [-0.1, -0.05) is 41.4 Å². The molecule has 116 valence electrons. The second-order valence-corrected chi connectivity index (χ2v) is 6.44. The molecule has 0 aliphatic heterocycles. The van der Waals surface area contributed by atoms with E-state index in [1.165, 1.54) is 11.3 Å². The van der Waals surface area contributed by atoms with E-state index in [0.29, 0.717) is 15.3 Å². The van der Waals surface area contributed by atoms with Crippen molar-refractivity contribution in [1.82, 2.24) is 9.97 Å². The number of nitrogens with zero attached hydrogens (tertiary/aromatic N) is 2. The molecule has 7 heteroatoms. The van der Waals surface area contributed by atoms with Gasteiger partial charge in [0.05, 0.1) is 12.1 Å². The molecule has 2 heterocycles. The molecule has 0 aliphatic rings. The third-order valence-electron chi connectivity index (χ3n) is 3.04. The molecule has 2 aromatic heterocycles. The molecule has 3 rings (SSSR count). The normalized spacial score (nSPS) is 10.5. The molecule has 0 saturated heterocycles. The van der Waals surface area contributed by atoms with Crippen molar-refractivity contribution in [2.24, 2.45) is 0 Å². The highest BCUT2D eigenvalue weighted by Crippen LogP contribution is 2.26. The largest absolute Gasteiger partial charge is 0.302 e. The van der Waals surface area contributed by atoms with Crippen LogP contribution in [0, 0.1) is 0 Å². The van der Waals surface area contributed by atoms with E-state index in [9.17, 15) is 4.79 Å². The number of carbonyl (C=O) groups excluding carboxylic acids is 1. The van der Waals surface area contributed by atoms with E-state index in [2.05, 4.69) is 15.3 Å². The molecular formula is C16H11Cl2N3OS. The van der Waals surface area contributed by atoms with Gasteiger partial charge in [0.25, 0.3) is 0 Å². The Morgan fingerprint density at radius 2 is 1.91 bits per heavy atom. The topological polar surface area (TPSA) is 54.9 Å². The molecule has 0 aliphatic carbocycles. The van der Waals surface area contributed by atoms with Gasteiger partial charge in [-0.3, -0.25) is 4.79 Å². The maximum absolute atomic E-state index is 12.0. The van der Waals surface area contributed by atoms with Gasteiger partial charge >= 0.3 is 0 Å². The van der Waals surface area contributed by atoms with Crippen molar-refractivity contribution in [3.63, 3.8) is 0 Å². The van der Waals surface area contributed by atoms with E-state index in [-0.39, 0.29) is 12.3 Å². The summed E-state index contributed by atoms with van der Waals surface area (Å²) in [6.07, 6.45) is 1.81. The zero-order chi connectivity index (χ0) is 16.2. The Hall–Kier alpha value is -1.95. The second kappa shape index (κ2) is 7.08. The van der Waals surface area contributed by atoms with Gasteiger partial charge in [-0.2, -0.15) is 0 Å². The van der Waals surface area contributed by atoms with Gasteiger partial charge in [0, 0.05) is 22.2 Å². The fourth-order valence-corrected chi connectivity index (χ4v) is 2.92. The molecular weight excluding hydrogens is 353 g/mol. The van der Waals surface area contributed by atoms with Crippen molar-refractivity contribution in [3.05, 3.63) is 63.7 Å². The van der Waals surface area contributed by atoms with Crippen LogP contribution in [0.15, 0.2) is 48.0 Å². The van der Waals surface area contributed by atoms with E-state index >= 15 is 0 Å². The minimum Gasteiger partial charge on any atom is -0.302 e. The molecule has 0 saturated carbocycles. The van der Waals surface area contributed by atoms with Crippen molar-refractivity contribution in [2.75, 3.05) is 5.32 Å². The van der Waals surface area contributed by atoms with E-state index in [0.717, 1.165) is 16.8 Å². The number of rotatable bonds is 4. The summed E-state index contributed by atoms with van der Waals surface area (Å²) in [7, 11) is 0. The molecule has 3 aromatic rings. The smallest absolute Gasteiger partial charge is 0.230 e. The van der Waals surface area contributed by atoms with E-state index in [1.54, 1.807) is 18.3 Å². The van der Waals surface area contributed by atoms with Crippen LogP contribution in [0.1, 0.15) is 5.56 Å². The third kappa shape index (κ3) is 4.28. The summed E-state index contributed by atoms with van der Waals surface area (Å²) in [5, 5.41) is 6.32. The number of amides is 1. The first-order chi connectivity index (χ1) is 11.1. The van der Waals surface area contributed by atoms with Crippen LogP contribution in [0.4, 0.5) is 5.13 Å². The van der Waals surface area contributed by atoms with Crippen molar-refractivity contribution in [2.45, 2.75) is 6.42 Å². The van der Waals surface area contributed by atoms with Gasteiger partial charge in [0.2, 0.25) is 5.91 Å². The summed E-state index contributed by atoms with van der Waals surface area (Å²) < 4.78 is 0. The quantitative estimate of drug-likeness (QED) is 0.683. The van der Waals surface area contributed by atoms with Gasteiger partial charge in [-0.05, 0) is 23.8 Å². The molecule has 0 fully saturated rings. The van der Waals surface area contributed by atoms with Crippen LogP contribution in [-0.4, -0.2) is 15.9 Å². The Labute approximate surface area is 147 Å². The second-order valence-electron chi connectivity index (χ2n) is 4.76. The first-order valence-corrected chi connectivity index (χ1v) is 8.35. The van der Waals surface area contributed by atoms with Crippen molar-refractivity contribution >= 4 is 45.6 Å². The summed E-state index contributed by atoms with van der Waals surface area (Å²) in [5.74, 6) is -0.147. The van der Waals surface area contributed by atoms with Crippen molar-refractivity contribution in [1.29, 1.82) is 0 Å². The zero-order valence-electron chi connectivity index (χ0n) is 11.8. The number of benzene rings is 1. The van der Waals surface area contributed by atoms with Crippen molar-refractivity contribution in [3.8, 4) is 11.3 Å². The highest BCUT2D eigenvalue weighted by molar-refractivity contribution is 7.14. The summed E-state index contributed by atoms with van der Waals surface area (Å²) in [4.78, 5) is 20.4. The van der Waals surface area contributed by atoms with Gasteiger partial charge in [-0.15, -0.1) is 11.3 Å². The molecule has 0 bridgehead atoms. The number of hydrogen-bond donors (Lipinski definition) is 1. The predicted octanol–water partition coefficient (Wildman–Crippen LogP) is 4.69. The number of pyridine rings is 1. The highest BCUT2D eigenvalue weighted by atomic mass is 35.5. The van der Waals surface area contributed by atoms with Gasteiger partial charge in [0.15, 0.2) is 5.13 Å². The molecule has 0 atom stereocenters. The Balaban J connectivity index is 1.65. The molecule has 0 spiro atoms. The SMILES string of the molecule is O=C(Cc1ccc(Cl)nc1)Nc1nc(-c2ccc(Cl)cc2)cs1. The molecule has 0 radical (unpaired) electrons.